The first-order chi connectivity index (χ1) is 9.54. The molecule has 0 saturated heterocycles. The summed E-state index contributed by atoms with van der Waals surface area (Å²) in [4.78, 5) is 2.31. The second-order valence-electron chi connectivity index (χ2n) is 6.27. The molecule has 1 fully saturated rings. The highest BCUT2D eigenvalue weighted by molar-refractivity contribution is 5.27. The van der Waals surface area contributed by atoms with E-state index in [-0.39, 0.29) is 11.9 Å². The van der Waals surface area contributed by atoms with Crippen LogP contribution >= 0.6 is 0 Å². The molecule has 3 heteroatoms. The molecule has 1 saturated carbocycles. The van der Waals surface area contributed by atoms with Crippen LogP contribution in [0.25, 0.3) is 0 Å². The number of benzene rings is 1. The van der Waals surface area contributed by atoms with Crippen molar-refractivity contribution < 1.29 is 4.39 Å². The molecule has 1 aliphatic carbocycles. The minimum Gasteiger partial charge on any atom is -0.329 e. The second-order valence-corrected chi connectivity index (χ2v) is 6.27. The molecule has 1 aliphatic rings. The van der Waals surface area contributed by atoms with Crippen LogP contribution < -0.4 is 5.73 Å². The van der Waals surface area contributed by atoms with Gasteiger partial charge in [-0.15, -0.1) is 0 Å². The van der Waals surface area contributed by atoms with Crippen molar-refractivity contribution in [3.63, 3.8) is 0 Å². The average Bonchev–Trinajstić information content (AvgIpc) is 2.44. The average molecular weight is 278 g/mol. The number of nitrogens with zero attached hydrogens (tertiary/aromatic N) is 1. The van der Waals surface area contributed by atoms with Crippen molar-refractivity contribution >= 4 is 0 Å². The van der Waals surface area contributed by atoms with Gasteiger partial charge in [0.2, 0.25) is 0 Å². The van der Waals surface area contributed by atoms with Crippen molar-refractivity contribution in [2.24, 2.45) is 11.7 Å². The monoisotopic (exact) mass is 278 g/mol. The lowest BCUT2D eigenvalue weighted by Crippen LogP contribution is -2.43. The molecule has 0 spiro atoms. The fourth-order valence-electron chi connectivity index (χ4n) is 3.56. The molecule has 0 aromatic heterocycles. The molecule has 0 amide bonds. The van der Waals surface area contributed by atoms with E-state index < -0.39 is 0 Å². The van der Waals surface area contributed by atoms with Gasteiger partial charge in [-0.3, -0.25) is 4.90 Å². The van der Waals surface area contributed by atoms with Crippen molar-refractivity contribution in [3.05, 3.63) is 35.1 Å². The molecule has 0 radical (unpaired) electrons. The van der Waals surface area contributed by atoms with Gasteiger partial charge in [0, 0.05) is 24.2 Å². The predicted octanol–water partition coefficient (Wildman–Crippen LogP) is 3.64. The van der Waals surface area contributed by atoms with Gasteiger partial charge in [-0.25, -0.2) is 4.39 Å². The lowest BCUT2D eigenvalue weighted by Gasteiger charge is -2.40. The third-order valence-corrected chi connectivity index (χ3v) is 4.81. The standard InChI is InChI=1S/C17H27FN2/c1-12-8-9-15(18)14(10-12)17(11-19)20(3)16-7-5-4-6-13(16)2/h8-10,13,16-17H,4-7,11,19H2,1-3H3. The Bertz CT molecular complexity index is 447. The molecule has 3 unspecified atom stereocenters. The minimum atomic E-state index is -0.138. The summed E-state index contributed by atoms with van der Waals surface area (Å²) < 4.78 is 14.1. The van der Waals surface area contributed by atoms with Gasteiger partial charge >= 0.3 is 0 Å². The SMILES string of the molecule is Cc1ccc(F)c(C(CN)N(C)C2CCCCC2C)c1. The molecule has 0 heterocycles. The van der Waals surface area contributed by atoms with Crippen LogP contribution in [-0.4, -0.2) is 24.5 Å². The summed E-state index contributed by atoms with van der Waals surface area (Å²) >= 11 is 0. The third-order valence-electron chi connectivity index (χ3n) is 4.81. The molecule has 1 aromatic rings. The Morgan fingerprint density at radius 2 is 2.05 bits per heavy atom. The number of hydrogen-bond donors (Lipinski definition) is 1. The summed E-state index contributed by atoms with van der Waals surface area (Å²) in [6.07, 6.45) is 5.05. The predicted molar refractivity (Wildman–Crippen MR) is 82.1 cm³/mol. The lowest BCUT2D eigenvalue weighted by atomic mass is 9.84. The fraction of sp³-hybridized carbons (Fsp3) is 0.647. The van der Waals surface area contributed by atoms with Gasteiger partial charge in [-0.2, -0.15) is 0 Å². The van der Waals surface area contributed by atoms with Crippen LogP contribution in [0.4, 0.5) is 4.39 Å². The van der Waals surface area contributed by atoms with E-state index in [1.165, 1.54) is 25.7 Å². The highest BCUT2D eigenvalue weighted by Gasteiger charge is 2.30. The molecular formula is C17H27FN2. The van der Waals surface area contributed by atoms with E-state index in [1.54, 1.807) is 6.07 Å². The largest absolute Gasteiger partial charge is 0.329 e. The molecule has 1 aromatic carbocycles. The quantitative estimate of drug-likeness (QED) is 0.911. The van der Waals surface area contributed by atoms with E-state index in [0.29, 0.717) is 18.5 Å². The third kappa shape index (κ3) is 3.21. The first-order valence-electron chi connectivity index (χ1n) is 7.72. The molecule has 2 N–H and O–H groups in total. The number of likely N-dealkylation sites (N-methyl/N-ethyl adjacent to an activating group) is 1. The second kappa shape index (κ2) is 6.68. The number of aryl methyl sites for hydroxylation is 1. The zero-order valence-electron chi connectivity index (χ0n) is 12.9. The Labute approximate surface area is 122 Å². The first-order valence-corrected chi connectivity index (χ1v) is 7.72. The molecular weight excluding hydrogens is 251 g/mol. The van der Waals surface area contributed by atoms with Crippen molar-refractivity contribution in [1.82, 2.24) is 4.90 Å². The van der Waals surface area contributed by atoms with Crippen LogP contribution in [0.15, 0.2) is 18.2 Å². The van der Waals surface area contributed by atoms with Gasteiger partial charge in [-0.05, 0) is 38.8 Å². The van der Waals surface area contributed by atoms with Crippen LogP contribution in [0.5, 0.6) is 0 Å². The maximum Gasteiger partial charge on any atom is 0.128 e. The number of hydrogen-bond acceptors (Lipinski definition) is 2. The zero-order chi connectivity index (χ0) is 14.7. The minimum absolute atomic E-state index is 0.0274. The normalized spacial score (nSPS) is 24.9. The Balaban J connectivity index is 2.24. The van der Waals surface area contributed by atoms with E-state index in [1.807, 2.05) is 19.1 Å². The maximum absolute atomic E-state index is 14.1. The summed E-state index contributed by atoms with van der Waals surface area (Å²) in [6.45, 7) is 4.76. The summed E-state index contributed by atoms with van der Waals surface area (Å²) in [5, 5.41) is 0. The van der Waals surface area contributed by atoms with Crippen LogP contribution in [0, 0.1) is 18.7 Å². The molecule has 0 bridgehead atoms. The van der Waals surface area contributed by atoms with Crippen molar-refractivity contribution in [1.29, 1.82) is 0 Å². The Kier molecular flexibility index (Phi) is 5.17. The van der Waals surface area contributed by atoms with Crippen molar-refractivity contribution in [2.75, 3.05) is 13.6 Å². The topological polar surface area (TPSA) is 29.3 Å². The molecule has 2 rings (SSSR count). The van der Waals surface area contributed by atoms with Gasteiger partial charge < -0.3 is 5.73 Å². The van der Waals surface area contributed by atoms with Gasteiger partial charge in [0.15, 0.2) is 0 Å². The highest BCUT2D eigenvalue weighted by atomic mass is 19.1. The van der Waals surface area contributed by atoms with Crippen LogP contribution in [-0.2, 0) is 0 Å². The number of nitrogens with two attached hydrogens (primary N) is 1. The summed E-state index contributed by atoms with van der Waals surface area (Å²) in [5.74, 6) is 0.525. The van der Waals surface area contributed by atoms with Crippen LogP contribution in [0.1, 0.15) is 49.8 Å². The lowest BCUT2D eigenvalue weighted by molar-refractivity contribution is 0.0975. The molecule has 20 heavy (non-hydrogen) atoms. The van der Waals surface area contributed by atoms with E-state index in [0.717, 1.165) is 11.1 Å². The Morgan fingerprint density at radius 3 is 2.70 bits per heavy atom. The molecule has 112 valence electrons. The fourth-order valence-corrected chi connectivity index (χ4v) is 3.56. The van der Waals surface area contributed by atoms with E-state index in [9.17, 15) is 4.39 Å². The summed E-state index contributed by atoms with van der Waals surface area (Å²) in [6, 6.07) is 5.80. The van der Waals surface area contributed by atoms with E-state index in [4.69, 9.17) is 5.73 Å². The van der Waals surface area contributed by atoms with Gasteiger partial charge in [0.1, 0.15) is 5.82 Å². The number of halogens is 1. The highest BCUT2D eigenvalue weighted by Crippen LogP contribution is 2.33. The van der Waals surface area contributed by atoms with Gasteiger partial charge in [0.25, 0.3) is 0 Å². The Morgan fingerprint density at radius 1 is 1.35 bits per heavy atom. The van der Waals surface area contributed by atoms with Gasteiger partial charge in [0.05, 0.1) is 0 Å². The summed E-state index contributed by atoms with van der Waals surface area (Å²) in [7, 11) is 2.10. The zero-order valence-corrected chi connectivity index (χ0v) is 12.9. The van der Waals surface area contributed by atoms with Gasteiger partial charge in [-0.1, -0.05) is 37.5 Å². The van der Waals surface area contributed by atoms with E-state index >= 15 is 0 Å². The molecule has 3 atom stereocenters. The van der Waals surface area contributed by atoms with Crippen LogP contribution in [0.2, 0.25) is 0 Å². The number of rotatable bonds is 4. The molecule has 2 nitrogen and oxygen atoms in total. The Hall–Kier alpha value is -0.930. The van der Waals surface area contributed by atoms with Crippen molar-refractivity contribution in [2.45, 2.75) is 51.6 Å². The smallest absolute Gasteiger partial charge is 0.128 e. The molecule has 0 aliphatic heterocycles. The first kappa shape index (κ1) is 15.5. The maximum atomic E-state index is 14.1. The van der Waals surface area contributed by atoms with Crippen molar-refractivity contribution in [3.8, 4) is 0 Å². The van der Waals surface area contributed by atoms with E-state index in [2.05, 4.69) is 18.9 Å². The summed E-state index contributed by atoms with van der Waals surface area (Å²) in [5.41, 5.74) is 7.80. The van der Waals surface area contributed by atoms with Crippen LogP contribution in [0.3, 0.4) is 0 Å².